The first-order valence-corrected chi connectivity index (χ1v) is 20.5. The summed E-state index contributed by atoms with van der Waals surface area (Å²) in [5, 5.41) is 75.5. The molecule has 332 valence electrons. The Morgan fingerprint density at radius 2 is 1.07 bits per heavy atom. The molecule has 17 heteroatoms. The molecule has 6 saturated carbocycles. The summed E-state index contributed by atoms with van der Waals surface area (Å²) in [7, 11) is 0. The van der Waals surface area contributed by atoms with Crippen molar-refractivity contribution in [1.82, 2.24) is 0 Å². The molecule has 0 bridgehead atoms. The Bertz CT molecular complexity index is 2010. The number of ether oxygens (including phenoxy) is 1. The minimum absolute atomic E-state index is 0. The van der Waals surface area contributed by atoms with Crippen molar-refractivity contribution >= 4 is 29.1 Å². The minimum Gasteiger partial charge on any atom is -0.870 e. The van der Waals surface area contributed by atoms with Crippen LogP contribution in [-0.4, -0.2) is 130 Å². The second-order valence-electron chi connectivity index (χ2n) is 19.3. The summed E-state index contributed by atoms with van der Waals surface area (Å²) in [4.78, 5) is 60.1. The molecule has 8 N–H and O–H groups in total. The summed E-state index contributed by atoms with van der Waals surface area (Å²) in [6.07, 6.45) is 3.67. The van der Waals surface area contributed by atoms with E-state index in [1.807, 2.05) is 0 Å². The molecular formula is C44H57F2NaO14. The number of ketones is 4. The maximum Gasteiger partial charge on any atom is 1.00 e. The van der Waals surface area contributed by atoms with Gasteiger partial charge in [0.15, 0.2) is 46.5 Å². The van der Waals surface area contributed by atoms with E-state index in [4.69, 9.17) is 4.74 Å². The van der Waals surface area contributed by atoms with Gasteiger partial charge in [-0.2, -0.15) is 0 Å². The van der Waals surface area contributed by atoms with Crippen LogP contribution in [0.1, 0.15) is 86.0 Å². The monoisotopic (exact) mass is 870 g/mol. The number of hydrogen-bond acceptors (Lipinski definition) is 14. The van der Waals surface area contributed by atoms with Crippen LogP contribution in [0.5, 0.6) is 0 Å². The van der Waals surface area contributed by atoms with Gasteiger partial charge in [0.05, 0.1) is 24.4 Å². The number of alkyl halides is 2. The first kappa shape index (κ1) is 49.7. The summed E-state index contributed by atoms with van der Waals surface area (Å²) in [6, 6.07) is 0. The molecule has 8 aliphatic carbocycles. The Hall–Kier alpha value is -2.35. The molecule has 6 fully saturated rings. The van der Waals surface area contributed by atoms with Crippen LogP contribution in [0, 0.1) is 45.3 Å². The molecule has 0 saturated heterocycles. The van der Waals surface area contributed by atoms with Crippen molar-refractivity contribution in [3.05, 3.63) is 47.6 Å². The van der Waals surface area contributed by atoms with E-state index in [9.17, 15) is 59.7 Å². The third-order valence-electron chi connectivity index (χ3n) is 17.1. The van der Waals surface area contributed by atoms with E-state index < -0.39 is 123 Å². The van der Waals surface area contributed by atoms with Crippen LogP contribution in [0.3, 0.4) is 0 Å². The number of hydrogen-bond donors (Lipinski definition) is 7. The van der Waals surface area contributed by atoms with Gasteiger partial charge in [0.25, 0.3) is 0 Å². The molecule has 0 spiro atoms. The van der Waals surface area contributed by atoms with Gasteiger partial charge in [-0.15, -0.1) is 0 Å². The average molecular weight is 871 g/mol. The number of aliphatic hydroxyl groups is 7. The quantitative estimate of drug-likeness (QED) is 0.124. The molecule has 16 atom stereocenters. The van der Waals surface area contributed by atoms with Gasteiger partial charge >= 0.3 is 35.5 Å². The fraction of sp³-hybridized carbons (Fsp3) is 0.705. The van der Waals surface area contributed by atoms with Crippen LogP contribution in [0.25, 0.3) is 0 Å². The maximum atomic E-state index is 16.9. The molecule has 0 aromatic rings. The van der Waals surface area contributed by atoms with E-state index in [0.29, 0.717) is 36.8 Å². The summed E-state index contributed by atoms with van der Waals surface area (Å²) < 4.78 is 38.5. The number of Topliss-reactive ketones (excluding diaryl/α,β-unsaturated/α-hetero) is 2. The molecule has 0 radical (unpaired) electrons. The second kappa shape index (κ2) is 16.0. The molecular weight excluding hydrogens is 813 g/mol. The van der Waals surface area contributed by atoms with Crippen molar-refractivity contribution in [2.75, 3.05) is 13.2 Å². The molecule has 0 unspecified atom stereocenters. The second-order valence-corrected chi connectivity index (χ2v) is 19.3. The van der Waals surface area contributed by atoms with E-state index >= 15 is 8.78 Å². The van der Waals surface area contributed by atoms with Crippen molar-refractivity contribution in [3.8, 4) is 0 Å². The SMILES string of the molecule is CC(=O)OCC(=O)[C@@]1(O)[C@H](O)C[C@H]2[C@@H]3CCC4=CC(=O)C=C[C@]4(C)[C@@]3(F)[C@@H](O)C[C@@]21C.C[C@]12C=CC(=O)C=C1CC[C@H]1[C@@H]3C[C@@H](O)[C@](O)(C(=O)CO)[C@@]3(C)C[C@H](O)[C@@]12F.[Na+].[OH-]. The first-order valence-electron chi connectivity index (χ1n) is 20.5. The largest absolute Gasteiger partial charge is 1.00 e. The van der Waals surface area contributed by atoms with E-state index in [1.165, 1.54) is 36.5 Å². The van der Waals surface area contributed by atoms with Crippen molar-refractivity contribution in [2.24, 2.45) is 45.3 Å². The van der Waals surface area contributed by atoms with Crippen molar-refractivity contribution < 1.29 is 108 Å². The number of esters is 1. The number of aliphatic hydroxyl groups excluding tert-OH is 5. The van der Waals surface area contributed by atoms with Gasteiger partial charge in [-0.05, 0) is 101 Å². The summed E-state index contributed by atoms with van der Waals surface area (Å²) in [5.74, 6) is -5.49. The smallest absolute Gasteiger partial charge is 0.870 e. The van der Waals surface area contributed by atoms with Crippen molar-refractivity contribution in [1.29, 1.82) is 0 Å². The van der Waals surface area contributed by atoms with E-state index in [2.05, 4.69) is 0 Å². The minimum atomic E-state index is -2.27. The van der Waals surface area contributed by atoms with Gasteiger partial charge in [0, 0.05) is 40.4 Å². The number of carbonyl (C=O) groups is 5. The Kier molecular flexibility index (Phi) is 13.0. The average Bonchev–Trinajstić information content (AvgIpc) is 3.50. The maximum absolute atomic E-state index is 16.9. The van der Waals surface area contributed by atoms with Crippen LogP contribution in [0.2, 0.25) is 0 Å². The Balaban J connectivity index is 0.000000225. The molecule has 0 amide bonds. The molecule has 0 heterocycles. The number of carbonyl (C=O) groups excluding carboxylic acids is 5. The molecule has 0 aromatic carbocycles. The third kappa shape index (κ3) is 6.28. The number of rotatable bonds is 5. The summed E-state index contributed by atoms with van der Waals surface area (Å²) >= 11 is 0. The molecule has 8 aliphatic rings. The van der Waals surface area contributed by atoms with Crippen LogP contribution in [0.4, 0.5) is 8.78 Å². The zero-order valence-electron chi connectivity index (χ0n) is 35.4. The van der Waals surface area contributed by atoms with Crippen molar-refractivity contribution in [2.45, 2.75) is 133 Å². The molecule has 0 aromatic heterocycles. The predicted molar refractivity (Wildman–Crippen MR) is 205 cm³/mol. The van der Waals surface area contributed by atoms with Crippen LogP contribution in [0.15, 0.2) is 47.6 Å². The van der Waals surface area contributed by atoms with Gasteiger partial charge in [-0.3, -0.25) is 24.0 Å². The van der Waals surface area contributed by atoms with Gasteiger partial charge in [-0.1, -0.05) is 37.1 Å². The van der Waals surface area contributed by atoms with Gasteiger partial charge < -0.3 is 46.0 Å². The number of allylic oxidation sites excluding steroid dienone is 8. The fourth-order valence-electron chi connectivity index (χ4n) is 13.9. The molecule has 14 nitrogen and oxygen atoms in total. The van der Waals surface area contributed by atoms with E-state index in [1.54, 1.807) is 27.7 Å². The van der Waals surface area contributed by atoms with Crippen LogP contribution >= 0.6 is 0 Å². The normalized spacial score (nSPS) is 48.7. The van der Waals surface area contributed by atoms with E-state index in [-0.39, 0.29) is 72.3 Å². The standard InChI is InChI=1S/C23H29FO7.C21H27FO6.Na.H2O/c1-12(25)31-11-19(29)23(30)17(27)9-16-15-5-4-13-8-14(26)6-7-20(13,2)22(15,24)18(28)10-21(16,23)3;1-18-6-5-12(24)7-11(18)3-4-13-14-8-15(25)21(28,17(27)10-23)19(14,2)9-16(26)20(13,18)22;;/h6-8,15-18,27-28,30H,4-5,9-11H2,1-3H3;5-7,13-16,23,25-26,28H,3-4,8-10H2,1-2H3;;1H2/q;;+1;/p-1/t15-,16-,17+,18-,20-,21-,22-,23-;13-,14-,15+,16-,18-,19-,20-,21-;;/m00../s1. The van der Waals surface area contributed by atoms with Crippen LogP contribution in [-0.2, 0) is 28.7 Å². The summed E-state index contributed by atoms with van der Waals surface area (Å²) in [6.45, 7) is 6.02. The third-order valence-corrected chi connectivity index (χ3v) is 17.1. The number of fused-ring (bicyclic) bond motifs is 10. The van der Waals surface area contributed by atoms with Gasteiger partial charge in [0.1, 0.15) is 6.61 Å². The van der Waals surface area contributed by atoms with E-state index in [0.717, 1.165) is 6.92 Å². The molecule has 61 heavy (non-hydrogen) atoms. The first-order chi connectivity index (χ1) is 27.3. The zero-order valence-corrected chi connectivity index (χ0v) is 37.4. The predicted octanol–water partition coefficient (Wildman–Crippen LogP) is -1.36. The van der Waals surface area contributed by atoms with Gasteiger partial charge in [-0.25, -0.2) is 8.78 Å². The van der Waals surface area contributed by atoms with Gasteiger partial charge in [0.2, 0.25) is 5.78 Å². The topological polar surface area (TPSA) is 266 Å². The molecule has 0 aliphatic heterocycles. The molecule has 8 rings (SSSR count). The zero-order chi connectivity index (χ0) is 43.7. The van der Waals surface area contributed by atoms with Crippen LogP contribution < -0.4 is 29.6 Å². The Morgan fingerprint density at radius 1 is 0.689 bits per heavy atom. The Labute approximate surface area is 374 Å². The fourth-order valence-corrected chi connectivity index (χ4v) is 13.9. The number of halogens is 2. The van der Waals surface area contributed by atoms with Crippen molar-refractivity contribution in [3.63, 3.8) is 0 Å². The Morgan fingerprint density at radius 3 is 1.43 bits per heavy atom. The summed E-state index contributed by atoms with van der Waals surface area (Å²) in [5.41, 5.74) is -12.4.